The lowest BCUT2D eigenvalue weighted by atomic mass is 9.89. The molecule has 1 rings (SSSR count). The smallest absolute Gasteiger partial charge is 0.158 e. The molecule has 1 heterocycles. The molecule has 4 nitrogen and oxygen atoms in total. The Hall–Kier alpha value is -1.34. The number of aromatic nitrogens is 2. The third kappa shape index (κ3) is 11.2. The lowest BCUT2D eigenvalue weighted by Gasteiger charge is -2.17. The maximum absolute atomic E-state index is 8.69. The highest BCUT2D eigenvalue weighted by atomic mass is 16.5. The quantitative estimate of drug-likeness (QED) is 0.437. The first-order chi connectivity index (χ1) is 11.5. The molecule has 0 radical (unpaired) electrons. The normalized spacial score (nSPS) is 11.6. The van der Waals surface area contributed by atoms with E-state index in [9.17, 15) is 0 Å². The zero-order valence-corrected chi connectivity index (χ0v) is 15.9. The third-order valence-electron chi connectivity index (χ3n) is 4.20. The van der Waals surface area contributed by atoms with Gasteiger partial charge in [-0.3, -0.25) is 0 Å². The summed E-state index contributed by atoms with van der Waals surface area (Å²) in [5, 5.41) is 8.69. The van der Waals surface area contributed by atoms with Gasteiger partial charge in [-0.05, 0) is 18.3 Å². The van der Waals surface area contributed by atoms with E-state index in [2.05, 4.69) is 25.8 Å². The van der Waals surface area contributed by atoms with Crippen molar-refractivity contribution < 1.29 is 4.74 Å². The molecule has 0 N–H and O–H groups in total. The molecule has 0 saturated heterocycles. The standard InChI is InChI=1S/C20H35N3O/c1-20(2,3)13-11-9-7-5-4-6-8-10-12-14-24-18-23-16-19(15-21)22-17-23/h16-17H,4-14,18H2,1-3H3. The molecular weight excluding hydrogens is 298 g/mol. The zero-order valence-electron chi connectivity index (χ0n) is 15.9. The fourth-order valence-electron chi connectivity index (χ4n) is 2.76. The van der Waals surface area contributed by atoms with Crippen LogP contribution >= 0.6 is 0 Å². The Kier molecular flexibility index (Phi) is 10.4. The first-order valence-corrected chi connectivity index (χ1v) is 9.51. The highest BCUT2D eigenvalue weighted by Gasteiger charge is 2.08. The minimum Gasteiger partial charge on any atom is -0.361 e. The van der Waals surface area contributed by atoms with E-state index in [-0.39, 0.29) is 0 Å². The van der Waals surface area contributed by atoms with Crippen LogP contribution < -0.4 is 0 Å². The van der Waals surface area contributed by atoms with Gasteiger partial charge in [0.1, 0.15) is 12.8 Å². The summed E-state index contributed by atoms with van der Waals surface area (Å²) >= 11 is 0. The van der Waals surface area contributed by atoms with Gasteiger partial charge < -0.3 is 9.30 Å². The van der Waals surface area contributed by atoms with Crippen LogP contribution in [0, 0.1) is 16.7 Å². The van der Waals surface area contributed by atoms with Gasteiger partial charge in [0.2, 0.25) is 0 Å². The van der Waals surface area contributed by atoms with Crippen molar-refractivity contribution in [3.8, 4) is 6.07 Å². The molecule has 0 bridgehead atoms. The van der Waals surface area contributed by atoms with Crippen molar-refractivity contribution in [2.75, 3.05) is 6.61 Å². The molecule has 1 aromatic heterocycles. The van der Waals surface area contributed by atoms with Crippen LogP contribution in [0.5, 0.6) is 0 Å². The molecule has 0 aromatic carbocycles. The summed E-state index contributed by atoms with van der Waals surface area (Å²) < 4.78 is 7.39. The molecule has 0 fully saturated rings. The van der Waals surface area contributed by atoms with E-state index in [1.165, 1.54) is 57.8 Å². The van der Waals surface area contributed by atoms with Gasteiger partial charge in [-0.1, -0.05) is 72.1 Å². The van der Waals surface area contributed by atoms with Crippen molar-refractivity contribution in [3.63, 3.8) is 0 Å². The zero-order chi connectivity index (χ0) is 17.7. The molecular formula is C20H35N3O. The van der Waals surface area contributed by atoms with E-state index in [1.54, 1.807) is 17.1 Å². The van der Waals surface area contributed by atoms with Gasteiger partial charge >= 0.3 is 0 Å². The molecule has 0 aliphatic heterocycles. The molecule has 0 aliphatic carbocycles. The second kappa shape index (κ2) is 12.1. The molecule has 4 heteroatoms. The number of ether oxygens (including phenoxy) is 1. The number of nitriles is 1. The molecule has 0 saturated carbocycles. The lowest BCUT2D eigenvalue weighted by Crippen LogP contribution is -2.03. The van der Waals surface area contributed by atoms with Gasteiger partial charge in [-0.15, -0.1) is 0 Å². The Labute approximate surface area is 148 Å². The van der Waals surface area contributed by atoms with Gasteiger partial charge in [0.25, 0.3) is 0 Å². The van der Waals surface area contributed by atoms with E-state index in [0.717, 1.165) is 13.0 Å². The molecule has 0 atom stereocenters. The Morgan fingerprint density at radius 3 is 2.12 bits per heavy atom. The predicted octanol–water partition coefficient (Wildman–Crippen LogP) is 5.68. The fourth-order valence-corrected chi connectivity index (χ4v) is 2.76. The third-order valence-corrected chi connectivity index (χ3v) is 4.20. The van der Waals surface area contributed by atoms with Crippen molar-refractivity contribution in [1.82, 2.24) is 9.55 Å². The van der Waals surface area contributed by atoms with Crippen molar-refractivity contribution in [3.05, 3.63) is 18.2 Å². The first-order valence-electron chi connectivity index (χ1n) is 9.51. The number of imidazole rings is 1. The molecule has 0 amide bonds. The summed E-state index contributed by atoms with van der Waals surface area (Å²) in [6.45, 7) is 8.26. The second-order valence-electron chi connectivity index (χ2n) is 7.91. The van der Waals surface area contributed by atoms with E-state index in [1.807, 2.05) is 6.07 Å². The summed E-state index contributed by atoms with van der Waals surface area (Å²) in [7, 11) is 0. The van der Waals surface area contributed by atoms with Gasteiger partial charge in [-0.2, -0.15) is 5.26 Å². The summed E-state index contributed by atoms with van der Waals surface area (Å²) in [5.41, 5.74) is 0.940. The van der Waals surface area contributed by atoms with Crippen molar-refractivity contribution in [1.29, 1.82) is 5.26 Å². The van der Waals surface area contributed by atoms with E-state index < -0.39 is 0 Å². The van der Waals surface area contributed by atoms with Crippen molar-refractivity contribution in [2.45, 2.75) is 91.7 Å². The van der Waals surface area contributed by atoms with Crippen LogP contribution in [-0.4, -0.2) is 16.2 Å². The Morgan fingerprint density at radius 1 is 1.00 bits per heavy atom. The van der Waals surface area contributed by atoms with Crippen LogP contribution in [0.15, 0.2) is 12.5 Å². The van der Waals surface area contributed by atoms with Crippen LogP contribution in [0.1, 0.15) is 90.7 Å². The molecule has 24 heavy (non-hydrogen) atoms. The monoisotopic (exact) mass is 333 g/mol. The highest BCUT2D eigenvalue weighted by molar-refractivity contribution is 5.15. The van der Waals surface area contributed by atoms with Crippen molar-refractivity contribution in [2.24, 2.45) is 5.41 Å². The fraction of sp³-hybridized carbons (Fsp3) is 0.800. The Morgan fingerprint density at radius 2 is 1.58 bits per heavy atom. The van der Waals surface area contributed by atoms with E-state index >= 15 is 0 Å². The molecule has 0 unspecified atom stereocenters. The minimum absolute atomic E-state index is 0.442. The highest BCUT2D eigenvalue weighted by Crippen LogP contribution is 2.22. The maximum atomic E-state index is 8.69. The number of unbranched alkanes of at least 4 members (excludes halogenated alkanes) is 8. The van der Waals surface area contributed by atoms with Crippen LogP contribution in [0.4, 0.5) is 0 Å². The lowest BCUT2D eigenvalue weighted by molar-refractivity contribution is 0.0737. The van der Waals surface area contributed by atoms with Crippen LogP contribution in [0.3, 0.4) is 0 Å². The largest absolute Gasteiger partial charge is 0.361 e. The van der Waals surface area contributed by atoms with Crippen LogP contribution in [-0.2, 0) is 11.5 Å². The number of hydrogen-bond acceptors (Lipinski definition) is 3. The molecule has 0 aliphatic rings. The molecule has 0 spiro atoms. The average Bonchev–Trinajstić information content (AvgIpc) is 2.99. The Bertz CT molecular complexity index is 468. The van der Waals surface area contributed by atoms with Gasteiger partial charge in [0, 0.05) is 12.8 Å². The van der Waals surface area contributed by atoms with E-state index in [0.29, 0.717) is 17.8 Å². The first kappa shape index (κ1) is 20.7. The Balaban J connectivity index is 1.80. The molecule has 1 aromatic rings. The summed E-state index contributed by atoms with van der Waals surface area (Å²) in [6.07, 6.45) is 16.7. The number of rotatable bonds is 13. The van der Waals surface area contributed by atoms with Gasteiger partial charge in [-0.25, -0.2) is 4.98 Å². The topological polar surface area (TPSA) is 50.8 Å². The predicted molar refractivity (Wildman–Crippen MR) is 98.5 cm³/mol. The van der Waals surface area contributed by atoms with Crippen LogP contribution in [0.2, 0.25) is 0 Å². The van der Waals surface area contributed by atoms with Gasteiger partial charge in [0.05, 0.1) is 6.33 Å². The second-order valence-corrected chi connectivity index (χ2v) is 7.91. The van der Waals surface area contributed by atoms with Gasteiger partial charge in [0.15, 0.2) is 5.69 Å². The molecule has 136 valence electrons. The average molecular weight is 334 g/mol. The van der Waals surface area contributed by atoms with Crippen LogP contribution in [0.25, 0.3) is 0 Å². The maximum Gasteiger partial charge on any atom is 0.158 e. The SMILES string of the molecule is CC(C)(C)CCCCCCCCCCCOCn1cnc(C#N)c1. The summed E-state index contributed by atoms with van der Waals surface area (Å²) in [5.74, 6) is 0. The summed E-state index contributed by atoms with van der Waals surface area (Å²) in [6, 6.07) is 2.01. The summed E-state index contributed by atoms with van der Waals surface area (Å²) in [4.78, 5) is 3.94. The number of nitrogens with zero attached hydrogens (tertiary/aromatic N) is 3. The van der Waals surface area contributed by atoms with Crippen molar-refractivity contribution >= 4 is 0 Å². The minimum atomic E-state index is 0.442. The number of hydrogen-bond donors (Lipinski definition) is 0. The van der Waals surface area contributed by atoms with E-state index in [4.69, 9.17) is 10.00 Å².